The summed E-state index contributed by atoms with van der Waals surface area (Å²) in [6.45, 7) is 11.1. The Hall–Kier alpha value is -1.77. The summed E-state index contributed by atoms with van der Waals surface area (Å²) < 4.78 is 7.19. The molecule has 0 aliphatic carbocycles. The molecule has 0 spiro atoms. The zero-order chi connectivity index (χ0) is 17.8. The standard InChI is InChI=1S/C17H28N6O2/c1-13(2)16-19-17(25-20-16)14(3)22-9-7-21(8-10-22)11-15(24)12-23-6-4-5-18-23/h4-6,13-15,24H,7-12H2,1-3H3/t14-,15-/m1/s1. The molecule has 3 rings (SSSR count). The van der Waals surface area contributed by atoms with Crippen LogP contribution in [0.2, 0.25) is 0 Å². The lowest BCUT2D eigenvalue weighted by atomic mass is 10.2. The third-order valence-electron chi connectivity index (χ3n) is 4.71. The lowest BCUT2D eigenvalue weighted by Crippen LogP contribution is -2.49. The molecule has 8 nitrogen and oxygen atoms in total. The summed E-state index contributed by atoms with van der Waals surface area (Å²) in [4.78, 5) is 9.16. The summed E-state index contributed by atoms with van der Waals surface area (Å²) in [6, 6.07) is 1.99. The van der Waals surface area contributed by atoms with Crippen LogP contribution in [0.15, 0.2) is 23.0 Å². The lowest BCUT2D eigenvalue weighted by molar-refractivity contribution is 0.0459. The Balaban J connectivity index is 1.46. The molecule has 0 bridgehead atoms. The lowest BCUT2D eigenvalue weighted by Gasteiger charge is -2.37. The first kappa shape index (κ1) is 18.0. The van der Waals surface area contributed by atoms with Gasteiger partial charge in [0.05, 0.1) is 18.7 Å². The van der Waals surface area contributed by atoms with E-state index in [0.29, 0.717) is 19.0 Å². The van der Waals surface area contributed by atoms with Crippen molar-refractivity contribution in [2.24, 2.45) is 0 Å². The maximum Gasteiger partial charge on any atom is 0.243 e. The number of hydrogen-bond donors (Lipinski definition) is 1. The highest BCUT2D eigenvalue weighted by Gasteiger charge is 2.26. The minimum Gasteiger partial charge on any atom is -0.390 e. The first-order valence-corrected chi connectivity index (χ1v) is 8.98. The van der Waals surface area contributed by atoms with Gasteiger partial charge in [0.1, 0.15) is 0 Å². The molecule has 0 amide bonds. The van der Waals surface area contributed by atoms with Gasteiger partial charge in [0.25, 0.3) is 0 Å². The van der Waals surface area contributed by atoms with Crippen LogP contribution in [-0.4, -0.2) is 73.7 Å². The summed E-state index contributed by atoms with van der Waals surface area (Å²) in [5.41, 5.74) is 0. The number of rotatable bonds is 7. The van der Waals surface area contributed by atoms with Gasteiger partial charge in [0, 0.05) is 51.0 Å². The van der Waals surface area contributed by atoms with Crippen LogP contribution in [0.25, 0.3) is 0 Å². The summed E-state index contributed by atoms with van der Waals surface area (Å²) in [6.07, 6.45) is 3.20. The molecule has 2 atom stereocenters. The Morgan fingerprint density at radius 3 is 2.52 bits per heavy atom. The monoisotopic (exact) mass is 348 g/mol. The Morgan fingerprint density at radius 2 is 1.92 bits per heavy atom. The fourth-order valence-electron chi connectivity index (χ4n) is 3.12. The average Bonchev–Trinajstić information content (AvgIpc) is 3.26. The van der Waals surface area contributed by atoms with Gasteiger partial charge in [-0.05, 0) is 13.0 Å². The van der Waals surface area contributed by atoms with Gasteiger partial charge in [-0.1, -0.05) is 19.0 Å². The predicted molar refractivity (Wildman–Crippen MR) is 93.0 cm³/mol. The molecule has 138 valence electrons. The molecular weight excluding hydrogens is 320 g/mol. The van der Waals surface area contributed by atoms with Crippen LogP contribution in [0.5, 0.6) is 0 Å². The molecule has 0 unspecified atom stereocenters. The van der Waals surface area contributed by atoms with Crippen LogP contribution in [0.1, 0.15) is 44.4 Å². The average molecular weight is 348 g/mol. The van der Waals surface area contributed by atoms with Gasteiger partial charge in [-0.15, -0.1) is 0 Å². The molecule has 25 heavy (non-hydrogen) atoms. The molecule has 1 N–H and O–H groups in total. The molecule has 1 aliphatic heterocycles. The highest BCUT2D eigenvalue weighted by molar-refractivity contribution is 4.96. The first-order chi connectivity index (χ1) is 12.0. The van der Waals surface area contributed by atoms with Crippen molar-refractivity contribution in [3.63, 3.8) is 0 Å². The molecule has 0 radical (unpaired) electrons. The summed E-state index contributed by atoms with van der Waals surface area (Å²) in [5, 5.41) is 18.4. The molecule has 1 aliphatic rings. The zero-order valence-corrected chi connectivity index (χ0v) is 15.2. The Kier molecular flexibility index (Phi) is 5.82. The molecule has 3 heterocycles. The van der Waals surface area contributed by atoms with Crippen LogP contribution in [0.4, 0.5) is 0 Å². The normalized spacial score (nSPS) is 19.4. The van der Waals surface area contributed by atoms with Gasteiger partial charge in [-0.3, -0.25) is 14.5 Å². The molecular formula is C17H28N6O2. The van der Waals surface area contributed by atoms with Crippen molar-refractivity contribution in [2.75, 3.05) is 32.7 Å². The smallest absolute Gasteiger partial charge is 0.243 e. The molecule has 1 saturated heterocycles. The van der Waals surface area contributed by atoms with Crippen LogP contribution in [0.3, 0.4) is 0 Å². The molecule has 2 aromatic rings. The fraction of sp³-hybridized carbons (Fsp3) is 0.706. The van der Waals surface area contributed by atoms with Crippen LogP contribution in [-0.2, 0) is 6.54 Å². The number of aromatic nitrogens is 4. The van der Waals surface area contributed by atoms with Crippen molar-refractivity contribution in [3.05, 3.63) is 30.2 Å². The number of hydrogen-bond acceptors (Lipinski definition) is 7. The second-order valence-corrected chi connectivity index (χ2v) is 7.04. The third-order valence-corrected chi connectivity index (χ3v) is 4.71. The van der Waals surface area contributed by atoms with E-state index in [4.69, 9.17) is 4.52 Å². The molecule has 0 aromatic carbocycles. The van der Waals surface area contributed by atoms with Crippen LogP contribution in [0, 0.1) is 0 Å². The number of nitrogens with zero attached hydrogens (tertiary/aromatic N) is 6. The number of aliphatic hydroxyl groups excluding tert-OH is 1. The molecule has 1 fully saturated rings. The maximum absolute atomic E-state index is 10.2. The highest BCUT2D eigenvalue weighted by atomic mass is 16.5. The van der Waals surface area contributed by atoms with E-state index < -0.39 is 6.10 Å². The van der Waals surface area contributed by atoms with Crippen molar-refractivity contribution in [3.8, 4) is 0 Å². The Morgan fingerprint density at radius 1 is 1.16 bits per heavy atom. The first-order valence-electron chi connectivity index (χ1n) is 8.98. The van der Waals surface area contributed by atoms with Crippen LogP contribution >= 0.6 is 0 Å². The molecule has 8 heteroatoms. The van der Waals surface area contributed by atoms with Gasteiger partial charge in [-0.2, -0.15) is 10.1 Å². The zero-order valence-electron chi connectivity index (χ0n) is 15.2. The second-order valence-electron chi connectivity index (χ2n) is 7.04. The Labute approximate surface area is 148 Å². The minimum atomic E-state index is -0.409. The minimum absolute atomic E-state index is 0.121. The second kappa shape index (κ2) is 8.07. The number of piperazine rings is 1. The number of β-amino-alcohol motifs (C(OH)–C–C–N with tert-alkyl or cyclic N) is 1. The fourth-order valence-corrected chi connectivity index (χ4v) is 3.12. The van der Waals surface area contributed by atoms with E-state index in [-0.39, 0.29) is 12.0 Å². The molecule has 0 saturated carbocycles. The van der Waals surface area contributed by atoms with Crippen molar-refractivity contribution in [1.29, 1.82) is 0 Å². The summed E-state index contributed by atoms with van der Waals surface area (Å²) >= 11 is 0. The van der Waals surface area contributed by atoms with Gasteiger partial charge in [-0.25, -0.2) is 0 Å². The van der Waals surface area contributed by atoms with E-state index in [0.717, 1.165) is 32.0 Å². The van der Waals surface area contributed by atoms with Gasteiger partial charge >= 0.3 is 0 Å². The van der Waals surface area contributed by atoms with E-state index in [2.05, 4.69) is 45.8 Å². The van der Waals surface area contributed by atoms with Crippen molar-refractivity contribution >= 4 is 0 Å². The van der Waals surface area contributed by atoms with Crippen molar-refractivity contribution in [2.45, 2.75) is 45.4 Å². The quantitative estimate of drug-likeness (QED) is 0.803. The SMILES string of the molecule is CC(C)c1noc([C@@H](C)N2CCN(C[C@@H](O)Cn3cccn3)CC2)n1. The van der Waals surface area contributed by atoms with E-state index in [9.17, 15) is 5.11 Å². The third kappa shape index (κ3) is 4.65. The Bertz CT molecular complexity index is 633. The number of aliphatic hydroxyl groups is 1. The van der Waals surface area contributed by atoms with E-state index in [1.807, 2.05) is 12.3 Å². The summed E-state index contributed by atoms with van der Waals surface area (Å²) in [7, 11) is 0. The van der Waals surface area contributed by atoms with E-state index in [1.54, 1.807) is 10.9 Å². The van der Waals surface area contributed by atoms with Gasteiger partial charge < -0.3 is 9.63 Å². The van der Waals surface area contributed by atoms with Gasteiger partial charge in [0.15, 0.2) is 5.82 Å². The van der Waals surface area contributed by atoms with E-state index >= 15 is 0 Å². The van der Waals surface area contributed by atoms with E-state index in [1.165, 1.54) is 0 Å². The van der Waals surface area contributed by atoms with Gasteiger partial charge in [0.2, 0.25) is 5.89 Å². The highest BCUT2D eigenvalue weighted by Crippen LogP contribution is 2.22. The van der Waals surface area contributed by atoms with Crippen molar-refractivity contribution < 1.29 is 9.63 Å². The summed E-state index contributed by atoms with van der Waals surface area (Å²) in [5.74, 6) is 1.73. The maximum atomic E-state index is 10.2. The van der Waals surface area contributed by atoms with Crippen LogP contribution < -0.4 is 0 Å². The predicted octanol–water partition coefficient (Wildman–Crippen LogP) is 1.13. The van der Waals surface area contributed by atoms with Crippen molar-refractivity contribution in [1.82, 2.24) is 29.7 Å². The molecule has 2 aromatic heterocycles. The largest absolute Gasteiger partial charge is 0.390 e. The topological polar surface area (TPSA) is 83.5 Å².